The highest BCUT2D eigenvalue weighted by molar-refractivity contribution is 6.39. The van der Waals surface area contributed by atoms with Crippen LogP contribution >= 0.6 is 23.2 Å². The molecule has 0 aliphatic rings. The second-order valence-electron chi connectivity index (χ2n) is 5.81. The molecule has 0 aliphatic carbocycles. The number of hydrogen-bond donors (Lipinski definition) is 1. The fourth-order valence-electron chi connectivity index (χ4n) is 2.21. The molecule has 0 aliphatic heterocycles. The lowest BCUT2D eigenvalue weighted by atomic mass is 10.0. The predicted octanol–water partition coefficient (Wildman–Crippen LogP) is 4.72. The number of carbonyl (C=O) groups is 2. The Morgan fingerprint density at radius 1 is 1.08 bits per heavy atom. The lowest BCUT2D eigenvalue weighted by Gasteiger charge is -2.15. The van der Waals surface area contributed by atoms with Gasteiger partial charge in [-0.1, -0.05) is 47.5 Å². The molecule has 1 amide bonds. The number of para-hydroxylation sites is 1. The van der Waals surface area contributed by atoms with Gasteiger partial charge in [-0.05, 0) is 49.6 Å². The van der Waals surface area contributed by atoms with Crippen LogP contribution < -0.4 is 5.32 Å². The molecule has 0 unspecified atom stereocenters. The maximum absolute atomic E-state index is 12.2. The number of carbonyl (C=O) groups excluding carboxylic acids is 2. The molecule has 2 aromatic rings. The van der Waals surface area contributed by atoms with Gasteiger partial charge in [0.2, 0.25) is 0 Å². The van der Waals surface area contributed by atoms with Crippen molar-refractivity contribution in [2.24, 2.45) is 0 Å². The predicted molar refractivity (Wildman–Crippen MR) is 100 cm³/mol. The van der Waals surface area contributed by atoms with E-state index in [0.29, 0.717) is 15.7 Å². The number of nitrogens with one attached hydrogen (secondary N) is 1. The first-order valence-electron chi connectivity index (χ1n) is 7.78. The van der Waals surface area contributed by atoms with Crippen LogP contribution in [0, 0.1) is 13.8 Å². The molecule has 1 N–H and O–H groups in total. The van der Waals surface area contributed by atoms with Crippen molar-refractivity contribution in [2.45, 2.75) is 33.3 Å². The van der Waals surface area contributed by atoms with Crippen molar-refractivity contribution in [3.63, 3.8) is 0 Å². The van der Waals surface area contributed by atoms with E-state index in [9.17, 15) is 9.59 Å². The van der Waals surface area contributed by atoms with Gasteiger partial charge in [0.25, 0.3) is 5.91 Å². The van der Waals surface area contributed by atoms with Gasteiger partial charge in [-0.2, -0.15) is 0 Å². The zero-order chi connectivity index (χ0) is 18.6. The fourth-order valence-corrected chi connectivity index (χ4v) is 2.71. The average molecular weight is 380 g/mol. The van der Waals surface area contributed by atoms with E-state index in [4.69, 9.17) is 27.9 Å². The number of hydrogen-bond acceptors (Lipinski definition) is 3. The standard InChI is InChI=1S/C19H19Cl2NO3/c1-11-7-8-14(9-12(11)2)10-17(23)25-13(3)19(24)22-18-15(20)5-4-6-16(18)21/h4-9,13H,10H2,1-3H3,(H,22,24)/t13-/m1/s1. The van der Waals surface area contributed by atoms with Gasteiger partial charge in [-0.25, -0.2) is 0 Å². The lowest BCUT2D eigenvalue weighted by molar-refractivity contribution is -0.152. The van der Waals surface area contributed by atoms with Gasteiger partial charge in [-0.15, -0.1) is 0 Å². The Hall–Kier alpha value is -2.04. The minimum Gasteiger partial charge on any atom is -0.452 e. The molecule has 0 saturated heterocycles. The Morgan fingerprint density at radius 3 is 2.32 bits per heavy atom. The van der Waals surface area contributed by atoms with Crippen LogP contribution in [0.3, 0.4) is 0 Å². The second kappa shape index (κ2) is 8.37. The number of rotatable bonds is 5. The number of ether oxygens (including phenoxy) is 1. The van der Waals surface area contributed by atoms with Gasteiger partial charge in [0, 0.05) is 0 Å². The van der Waals surface area contributed by atoms with Crippen LogP contribution in [0.5, 0.6) is 0 Å². The first kappa shape index (κ1) is 19.3. The van der Waals surface area contributed by atoms with Crippen LogP contribution in [0.4, 0.5) is 5.69 Å². The molecule has 0 saturated carbocycles. The maximum atomic E-state index is 12.2. The summed E-state index contributed by atoms with van der Waals surface area (Å²) >= 11 is 12.0. The van der Waals surface area contributed by atoms with Crippen LogP contribution in [0.25, 0.3) is 0 Å². The van der Waals surface area contributed by atoms with E-state index in [0.717, 1.165) is 16.7 Å². The van der Waals surface area contributed by atoms with E-state index in [1.165, 1.54) is 6.92 Å². The summed E-state index contributed by atoms with van der Waals surface area (Å²) < 4.78 is 5.20. The molecule has 2 rings (SSSR count). The number of anilines is 1. The molecular formula is C19H19Cl2NO3. The summed E-state index contributed by atoms with van der Waals surface area (Å²) in [7, 11) is 0. The summed E-state index contributed by atoms with van der Waals surface area (Å²) in [4.78, 5) is 24.3. The van der Waals surface area contributed by atoms with Crippen LogP contribution in [0.15, 0.2) is 36.4 Å². The summed E-state index contributed by atoms with van der Waals surface area (Å²) in [5, 5.41) is 3.21. The molecular weight excluding hydrogens is 361 g/mol. The van der Waals surface area contributed by atoms with Crippen molar-refractivity contribution in [2.75, 3.05) is 5.32 Å². The van der Waals surface area contributed by atoms with Crippen LogP contribution in [0.2, 0.25) is 10.0 Å². The van der Waals surface area contributed by atoms with Crippen LogP contribution in [-0.4, -0.2) is 18.0 Å². The monoisotopic (exact) mass is 379 g/mol. The highest BCUT2D eigenvalue weighted by Gasteiger charge is 2.20. The molecule has 6 heteroatoms. The van der Waals surface area contributed by atoms with E-state index in [1.54, 1.807) is 18.2 Å². The second-order valence-corrected chi connectivity index (χ2v) is 6.63. The molecule has 2 aromatic carbocycles. The third-order valence-electron chi connectivity index (χ3n) is 3.81. The van der Waals surface area contributed by atoms with Gasteiger partial charge < -0.3 is 10.1 Å². The first-order valence-corrected chi connectivity index (χ1v) is 8.54. The summed E-state index contributed by atoms with van der Waals surface area (Å²) in [6, 6.07) is 10.7. The van der Waals surface area contributed by atoms with E-state index in [1.807, 2.05) is 32.0 Å². The number of amides is 1. The minimum absolute atomic E-state index is 0.103. The Bertz CT molecular complexity index is 785. The third-order valence-corrected chi connectivity index (χ3v) is 4.44. The van der Waals surface area contributed by atoms with E-state index >= 15 is 0 Å². The SMILES string of the molecule is Cc1ccc(CC(=O)O[C@H](C)C(=O)Nc2c(Cl)cccc2Cl)cc1C. The zero-order valence-corrected chi connectivity index (χ0v) is 15.7. The van der Waals surface area contributed by atoms with E-state index in [2.05, 4.69) is 5.32 Å². The molecule has 0 aromatic heterocycles. The molecule has 1 atom stereocenters. The number of halogens is 2. The molecule has 4 nitrogen and oxygen atoms in total. The first-order chi connectivity index (χ1) is 11.8. The summed E-state index contributed by atoms with van der Waals surface area (Å²) in [6.07, 6.45) is -0.864. The molecule has 0 bridgehead atoms. The highest BCUT2D eigenvalue weighted by Crippen LogP contribution is 2.29. The zero-order valence-electron chi connectivity index (χ0n) is 14.2. The average Bonchev–Trinajstić information content (AvgIpc) is 2.54. The molecule has 0 spiro atoms. The van der Waals surface area contributed by atoms with Crippen molar-refractivity contribution in [3.8, 4) is 0 Å². The Balaban J connectivity index is 1.96. The Kier molecular flexibility index (Phi) is 6.45. The normalized spacial score (nSPS) is 11.7. The summed E-state index contributed by atoms with van der Waals surface area (Å²) in [5.74, 6) is -0.973. The van der Waals surface area contributed by atoms with Crippen LogP contribution in [0.1, 0.15) is 23.6 Å². The van der Waals surface area contributed by atoms with Gasteiger partial charge in [0.15, 0.2) is 6.10 Å². The molecule has 25 heavy (non-hydrogen) atoms. The van der Waals surface area contributed by atoms with Gasteiger partial charge >= 0.3 is 5.97 Å². The summed E-state index contributed by atoms with van der Waals surface area (Å²) in [6.45, 7) is 5.48. The quantitative estimate of drug-likeness (QED) is 0.764. The minimum atomic E-state index is -0.966. The molecule has 0 heterocycles. The number of esters is 1. The molecule has 0 fully saturated rings. The van der Waals surface area contributed by atoms with Gasteiger partial charge in [-0.3, -0.25) is 9.59 Å². The Labute approximate surface area is 157 Å². The van der Waals surface area contributed by atoms with E-state index in [-0.39, 0.29) is 6.42 Å². The van der Waals surface area contributed by atoms with Crippen molar-refractivity contribution < 1.29 is 14.3 Å². The van der Waals surface area contributed by atoms with Crippen LogP contribution in [-0.2, 0) is 20.7 Å². The number of benzene rings is 2. The smallest absolute Gasteiger partial charge is 0.311 e. The Morgan fingerprint density at radius 2 is 1.72 bits per heavy atom. The van der Waals surface area contributed by atoms with Crippen molar-refractivity contribution >= 4 is 40.8 Å². The third kappa shape index (κ3) is 5.21. The van der Waals surface area contributed by atoms with Gasteiger partial charge in [0.1, 0.15) is 0 Å². The van der Waals surface area contributed by atoms with Crippen molar-refractivity contribution in [1.82, 2.24) is 0 Å². The topological polar surface area (TPSA) is 55.4 Å². The van der Waals surface area contributed by atoms with Crippen molar-refractivity contribution in [1.29, 1.82) is 0 Å². The van der Waals surface area contributed by atoms with Crippen molar-refractivity contribution in [3.05, 3.63) is 63.1 Å². The molecule has 132 valence electrons. The largest absolute Gasteiger partial charge is 0.452 e. The van der Waals surface area contributed by atoms with E-state index < -0.39 is 18.0 Å². The lowest BCUT2D eigenvalue weighted by Crippen LogP contribution is -2.30. The van der Waals surface area contributed by atoms with Gasteiger partial charge in [0.05, 0.1) is 22.2 Å². The highest BCUT2D eigenvalue weighted by atomic mass is 35.5. The molecule has 0 radical (unpaired) electrons. The fraction of sp³-hybridized carbons (Fsp3) is 0.263. The maximum Gasteiger partial charge on any atom is 0.311 e. The number of aryl methyl sites for hydroxylation is 2. The summed E-state index contributed by atoms with van der Waals surface area (Å²) in [5.41, 5.74) is 3.40.